The number of Topliss-reactive ketones (excluding diaryl/α,β-unsaturated/α-hetero) is 1. The Morgan fingerprint density at radius 3 is 2.11 bits per heavy atom. The maximum absolute atomic E-state index is 11.8. The lowest BCUT2D eigenvalue weighted by molar-refractivity contribution is -0.131. The summed E-state index contributed by atoms with van der Waals surface area (Å²) >= 11 is 0. The molecule has 0 aliphatic rings. The number of hydrogen-bond donors (Lipinski definition) is 1. The van der Waals surface area contributed by atoms with Gasteiger partial charge in [-0.15, -0.1) is 0 Å². The van der Waals surface area contributed by atoms with Crippen LogP contribution in [0.5, 0.6) is 0 Å². The number of carbonyl (C=O) groups excluding carboxylic acids is 2. The molecule has 0 atom stereocenters. The van der Waals surface area contributed by atoms with Gasteiger partial charge in [0.1, 0.15) is 5.78 Å². The van der Waals surface area contributed by atoms with Gasteiger partial charge in [-0.1, -0.05) is 19.8 Å². The van der Waals surface area contributed by atoms with Crippen LogP contribution in [-0.4, -0.2) is 41.4 Å². The SMILES string of the molecule is CCCN(CCO)C(=O)CCCCCCC(C)=O. The summed E-state index contributed by atoms with van der Waals surface area (Å²) in [6.45, 7) is 4.84. The molecule has 0 rings (SSSR count). The molecule has 0 saturated carbocycles. The first-order valence-electron chi connectivity index (χ1n) is 6.99. The van der Waals surface area contributed by atoms with Crippen LogP contribution in [-0.2, 0) is 9.59 Å². The first-order valence-corrected chi connectivity index (χ1v) is 6.99. The van der Waals surface area contributed by atoms with Crippen LogP contribution in [0.3, 0.4) is 0 Å². The Labute approximate surface area is 110 Å². The molecule has 1 amide bonds. The highest BCUT2D eigenvalue weighted by molar-refractivity contribution is 5.76. The van der Waals surface area contributed by atoms with E-state index in [1.807, 2.05) is 6.92 Å². The Kier molecular flexibility index (Phi) is 10.6. The number of amides is 1. The van der Waals surface area contributed by atoms with Gasteiger partial charge in [-0.2, -0.15) is 0 Å². The maximum atomic E-state index is 11.8. The van der Waals surface area contributed by atoms with Gasteiger partial charge in [0.25, 0.3) is 0 Å². The molecule has 0 heterocycles. The van der Waals surface area contributed by atoms with Crippen molar-refractivity contribution >= 4 is 11.7 Å². The average Bonchev–Trinajstić information content (AvgIpc) is 2.32. The number of ketones is 1. The number of hydrogen-bond acceptors (Lipinski definition) is 3. The summed E-state index contributed by atoms with van der Waals surface area (Å²) in [6, 6.07) is 0. The van der Waals surface area contributed by atoms with Crippen LogP contribution in [0, 0.1) is 0 Å². The minimum Gasteiger partial charge on any atom is -0.395 e. The zero-order valence-corrected chi connectivity index (χ0v) is 11.8. The van der Waals surface area contributed by atoms with E-state index >= 15 is 0 Å². The second-order valence-electron chi connectivity index (χ2n) is 4.72. The highest BCUT2D eigenvalue weighted by Gasteiger charge is 2.10. The monoisotopic (exact) mass is 257 g/mol. The number of aliphatic hydroxyl groups is 1. The van der Waals surface area contributed by atoms with Gasteiger partial charge in [-0.3, -0.25) is 4.79 Å². The molecular weight excluding hydrogens is 230 g/mol. The maximum Gasteiger partial charge on any atom is 0.222 e. The predicted octanol–water partition coefficient (Wildman–Crippen LogP) is 2.15. The third-order valence-electron chi connectivity index (χ3n) is 2.89. The molecule has 0 radical (unpaired) electrons. The number of nitrogens with zero attached hydrogens (tertiary/aromatic N) is 1. The van der Waals surface area contributed by atoms with Crippen LogP contribution in [0.2, 0.25) is 0 Å². The van der Waals surface area contributed by atoms with E-state index in [2.05, 4.69) is 0 Å². The Balaban J connectivity index is 3.63. The van der Waals surface area contributed by atoms with E-state index in [-0.39, 0.29) is 18.3 Å². The van der Waals surface area contributed by atoms with Crippen LogP contribution >= 0.6 is 0 Å². The summed E-state index contributed by atoms with van der Waals surface area (Å²) in [4.78, 5) is 24.3. The van der Waals surface area contributed by atoms with E-state index in [4.69, 9.17) is 5.11 Å². The van der Waals surface area contributed by atoms with Crippen LogP contribution in [0.4, 0.5) is 0 Å². The van der Waals surface area contributed by atoms with Crippen molar-refractivity contribution in [1.82, 2.24) is 4.90 Å². The molecule has 0 aromatic carbocycles. The largest absolute Gasteiger partial charge is 0.395 e. The number of unbranched alkanes of at least 4 members (excludes halogenated alkanes) is 3. The molecule has 0 bridgehead atoms. The van der Waals surface area contributed by atoms with Crippen LogP contribution in [0.25, 0.3) is 0 Å². The topological polar surface area (TPSA) is 57.6 Å². The van der Waals surface area contributed by atoms with Gasteiger partial charge in [0.2, 0.25) is 5.91 Å². The summed E-state index contributed by atoms with van der Waals surface area (Å²) in [5, 5.41) is 8.88. The summed E-state index contributed by atoms with van der Waals surface area (Å²) < 4.78 is 0. The molecule has 4 heteroatoms. The van der Waals surface area contributed by atoms with Crippen molar-refractivity contribution in [3.63, 3.8) is 0 Å². The van der Waals surface area contributed by atoms with Crippen LogP contribution < -0.4 is 0 Å². The second kappa shape index (κ2) is 11.2. The van der Waals surface area contributed by atoms with Crippen LogP contribution in [0.1, 0.15) is 58.8 Å². The molecule has 106 valence electrons. The fraction of sp³-hybridized carbons (Fsp3) is 0.857. The summed E-state index contributed by atoms with van der Waals surface area (Å²) in [7, 11) is 0. The van der Waals surface area contributed by atoms with E-state index in [0.717, 1.165) is 38.6 Å². The molecule has 0 aliphatic heterocycles. The second-order valence-corrected chi connectivity index (χ2v) is 4.72. The molecule has 0 aromatic heterocycles. The van der Waals surface area contributed by atoms with Gasteiger partial charge in [0.15, 0.2) is 0 Å². The number of carbonyl (C=O) groups is 2. The quantitative estimate of drug-likeness (QED) is 0.577. The van der Waals surface area contributed by atoms with Crippen molar-refractivity contribution in [2.45, 2.75) is 58.8 Å². The third-order valence-corrected chi connectivity index (χ3v) is 2.89. The van der Waals surface area contributed by atoms with E-state index in [1.54, 1.807) is 11.8 Å². The van der Waals surface area contributed by atoms with Gasteiger partial charge in [-0.05, 0) is 26.2 Å². The molecular formula is C14H27NO3. The number of aliphatic hydroxyl groups excluding tert-OH is 1. The van der Waals surface area contributed by atoms with Crippen molar-refractivity contribution in [1.29, 1.82) is 0 Å². The molecule has 0 aliphatic carbocycles. The Bertz CT molecular complexity index is 235. The van der Waals surface area contributed by atoms with Gasteiger partial charge < -0.3 is 14.8 Å². The molecule has 0 fully saturated rings. The fourth-order valence-electron chi connectivity index (χ4n) is 1.91. The minimum absolute atomic E-state index is 0.0321. The van der Waals surface area contributed by atoms with Crippen LogP contribution in [0.15, 0.2) is 0 Å². The van der Waals surface area contributed by atoms with Crippen molar-refractivity contribution in [2.24, 2.45) is 0 Å². The van der Waals surface area contributed by atoms with Gasteiger partial charge in [0.05, 0.1) is 6.61 Å². The lowest BCUT2D eigenvalue weighted by atomic mass is 10.1. The van der Waals surface area contributed by atoms with Crippen molar-refractivity contribution in [2.75, 3.05) is 19.7 Å². The van der Waals surface area contributed by atoms with Gasteiger partial charge >= 0.3 is 0 Å². The summed E-state index contributed by atoms with van der Waals surface area (Å²) in [5.74, 6) is 0.376. The molecule has 1 N–H and O–H groups in total. The van der Waals surface area contributed by atoms with Crippen molar-refractivity contribution in [3.8, 4) is 0 Å². The molecule has 0 saturated heterocycles. The van der Waals surface area contributed by atoms with Crippen molar-refractivity contribution < 1.29 is 14.7 Å². The highest BCUT2D eigenvalue weighted by atomic mass is 16.3. The lowest BCUT2D eigenvalue weighted by Gasteiger charge is -2.20. The molecule has 0 spiro atoms. The fourth-order valence-corrected chi connectivity index (χ4v) is 1.91. The average molecular weight is 257 g/mol. The lowest BCUT2D eigenvalue weighted by Crippen LogP contribution is -2.34. The van der Waals surface area contributed by atoms with Gasteiger partial charge in [0, 0.05) is 25.9 Å². The van der Waals surface area contributed by atoms with E-state index in [0.29, 0.717) is 19.4 Å². The molecule has 4 nitrogen and oxygen atoms in total. The normalized spacial score (nSPS) is 10.4. The summed E-state index contributed by atoms with van der Waals surface area (Å²) in [6.07, 6.45) is 5.95. The smallest absolute Gasteiger partial charge is 0.222 e. The zero-order chi connectivity index (χ0) is 13.8. The minimum atomic E-state index is 0.0321. The molecule has 0 aromatic rings. The highest BCUT2D eigenvalue weighted by Crippen LogP contribution is 2.07. The van der Waals surface area contributed by atoms with E-state index < -0.39 is 0 Å². The Morgan fingerprint density at radius 2 is 1.61 bits per heavy atom. The van der Waals surface area contributed by atoms with E-state index in [1.165, 1.54) is 0 Å². The van der Waals surface area contributed by atoms with Gasteiger partial charge in [-0.25, -0.2) is 0 Å². The Hall–Kier alpha value is -0.900. The molecule has 0 unspecified atom stereocenters. The third kappa shape index (κ3) is 9.16. The standard InChI is InChI=1S/C14H27NO3/c1-3-10-15(11-12-16)14(18)9-7-5-4-6-8-13(2)17/h16H,3-12H2,1-2H3. The first-order chi connectivity index (χ1) is 8.61. The number of rotatable bonds is 11. The van der Waals surface area contributed by atoms with Crippen molar-refractivity contribution in [3.05, 3.63) is 0 Å². The Morgan fingerprint density at radius 1 is 1.00 bits per heavy atom. The van der Waals surface area contributed by atoms with E-state index in [9.17, 15) is 9.59 Å². The predicted molar refractivity (Wildman–Crippen MR) is 72.3 cm³/mol. The first kappa shape index (κ1) is 17.1. The molecule has 18 heavy (non-hydrogen) atoms. The summed E-state index contributed by atoms with van der Waals surface area (Å²) in [5.41, 5.74) is 0. The zero-order valence-electron chi connectivity index (χ0n) is 11.8.